The Hall–Kier alpha value is -4.12. The van der Waals surface area contributed by atoms with E-state index in [1.807, 2.05) is 4.90 Å². The fraction of sp³-hybridized carbons (Fsp3) is 0.400. The predicted molar refractivity (Wildman–Crippen MR) is 150 cm³/mol. The summed E-state index contributed by atoms with van der Waals surface area (Å²) < 4.78 is 37.2. The highest BCUT2D eigenvalue weighted by Gasteiger charge is 2.49. The number of amides is 1. The van der Waals surface area contributed by atoms with Crippen LogP contribution in [0, 0.1) is 17.0 Å². The van der Waals surface area contributed by atoms with Gasteiger partial charge in [0.05, 0.1) is 16.4 Å². The van der Waals surface area contributed by atoms with Gasteiger partial charge in [0, 0.05) is 24.8 Å². The molecule has 2 aromatic carbocycles. The Balaban J connectivity index is 1.54. The highest BCUT2D eigenvalue weighted by Crippen LogP contribution is 2.46. The summed E-state index contributed by atoms with van der Waals surface area (Å²) in [5.41, 5.74) is 4.18. The third-order valence-corrected chi connectivity index (χ3v) is 8.23. The third kappa shape index (κ3) is 4.77. The molecule has 2 aliphatic rings. The van der Waals surface area contributed by atoms with E-state index < -0.39 is 28.6 Å². The summed E-state index contributed by atoms with van der Waals surface area (Å²) in [6, 6.07) is 5.58. The van der Waals surface area contributed by atoms with Crippen molar-refractivity contribution in [1.82, 2.24) is 15.0 Å². The maximum absolute atomic E-state index is 16.5. The number of aromatic hydroxyl groups is 1. The third-order valence-electron chi connectivity index (χ3n) is 8.23. The molecule has 1 amide bonds. The molecule has 0 radical (unpaired) electrons. The van der Waals surface area contributed by atoms with Gasteiger partial charge in [0.1, 0.15) is 35.2 Å². The number of carbonyl (C=O) groups is 1. The van der Waals surface area contributed by atoms with Crippen LogP contribution < -0.4 is 15.4 Å². The van der Waals surface area contributed by atoms with Gasteiger partial charge < -0.3 is 25.6 Å². The van der Waals surface area contributed by atoms with Crippen LogP contribution in [0.15, 0.2) is 30.5 Å². The van der Waals surface area contributed by atoms with Crippen LogP contribution in [-0.2, 0) is 11.2 Å². The first kappa shape index (κ1) is 27.1. The highest BCUT2D eigenvalue weighted by atomic mass is 19.1. The van der Waals surface area contributed by atoms with Gasteiger partial charge in [-0.2, -0.15) is 9.97 Å². The molecule has 6 rings (SSSR count). The molecule has 3 heterocycles. The summed E-state index contributed by atoms with van der Waals surface area (Å²) >= 11 is 0. The number of halogens is 2. The van der Waals surface area contributed by atoms with Crippen molar-refractivity contribution in [3.05, 3.63) is 47.7 Å². The molecule has 2 aromatic heterocycles. The topological polar surface area (TPSA) is 135 Å². The maximum atomic E-state index is 16.5. The van der Waals surface area contributed by atoms with Crippen LogP contribution in [0.3, 0.4) is 0 Å². The van der Waals surface area contributed by atoms with Crippen LogP contribution in [0.1, 0.15) is 45.1 Å². The molecule has 11 heteroatoms. The lowest BCUT2D eigenvalue weighted by atomic mass is 9.94. The molecular weight excluding hydrogens is 532 g/mol. The Kier molecular flexibility index (Phi) is 6.44. The summed E-state index contributed by atoms with van der Waals surface area (Å²) in [5.74, 6) is -1.49. The second kappa shape index (κ2) is 9.76. The van der Waals surface area contributed by atoms with Crippen LogP contribution in [0.25, 0.3) is 32.9 Å². The predicted octanol–water partition coefficient (Wildman–Crippen LogP) is 4.39. The van der Waals surface area contributed by atoms with Gasteiger partial charge in [0.2, 0.25) is 5.91 Å². The van der Waals surface area contributed by atoms with Crippen LogP contribution in [-0.4, -0.2) is 56.4 Å². The van der Waals surface area contributed by atoms with Crippen LogP contribution in [0.4, 0.5) is 14.6 Å². The van der Waals surface area contributed by atoms with Gasteiger partial charge in [-0.15, -0.1) is 0 Å². The summed E-state index contributed by atoms with van der Waals surface area (Å²) in [5, 5.41) is 22.5. The van der Waals surface area contributed by atoms with Gasteiger partial charge in [-0.3, -0.25) is 9.78 Å². The molecule has 4 N–H and O–H groups in total. The van der Waals surface area contributed by atoms with Gasteiger partial charge in [-0.1, -0.05) is 13.0 Å². The zero-order valence-corrected chi connectivity index (χ0v) is 22.9. The molecule has 9 nitrogen and oxygen atoms in total. The Morgan fingerprint density at radius 2 is 1.98 bits per heavy atom. The fourth-order valence-corrected chi connectivity index (χ4v) is 5.76. The van der Waals surface area contributed by atoms with Gasteiger partial charge in [-0.05, 0) is 73.6 Å². The van der Waals surface area contributed by atoms with E-state index >= 15 is 4.39 Å². The zero-order valence-electron chi connectivity index (χ0n) is 22.9. The average molecular weight is 564 g/mol. The number of primary amides is 1. The van der Waals surface area contributed by atoms with Gasteiger partial charge >= 0.3 is 6.01 Å². The molecule has 1 atom stereocenters. The lowest BCUT2D eigenvalue weighted by molar-refractivity contribution is -0.124. The van der Waals surface area contributed by atoms with E-state index in [1.165, 1.54) is 30.5 Å². The fourth-order valence-electron chi connectivity index (χ4n) is 5.76. The summed E-state index contributed by atoms with van der Waals surface area (Å²) in [4.78, 5) is 27.1. The van der Waals surface area contributed by atoms with Gasteiger partial charge in [-0.25, -0.2) is 8.78 Å². The molecule has 2 fully saturated rings. The number of benzene rings is 2. The van der Waals surface area contributed by atoms with Crippen molar-refractivity contribution >= 4 is 33.4 Å². The number of phenolic OH excluding ortho intramolecular Hbond substituents is 1. The smallest absolute Gasteiger partial charge is 0.319 e. The number of anilines is 1. The number of nitrogens with two attached hydrogens (primary N) is 1. The standard InChI is InChI=1S/C30H31F2N5O4/c1-3-18-21(31)6-5-16-11-17(38)12-19(22(16)18)24-23(32)25-20(13-34-24)26(37-10-4-7-29(2,40)14-37)36-28(35-25)41-15-30(8-9-30)27(33)39/h5-6,11-13,38,40H,3-4,7-10,14-15H2,1-2H3,(H2,33,39)/t29-/m1/s1. The molecule has 1 saturated carbocycles. The second-order valence-electron chi connectivity index (χ2n) is 11.4. The molecule has 4 aromatic rings. The minimum atomic E-state index is -0.979. The van der Waals surface area contributed by atoms with Crippen LogP contribution in [0.5, 0.6) is 11.8 Å². The normalized spacial score (nSPS) is 20.0. The summed E-state index contributed by atoms with van der Waals surface area (Å²) in [6.07, 6.45) is 4.25. The van der Waals surface area contributed by atoms with Gasteiger partial charge in [0.25, 0.3) is 0 Å². The molecule has 0 spiro atoms. The number of aromatic nitrogens is 3. The van der Waals surface area contributed by atoms with E-state index in [4.69, 9.17) is 10.5 Å². The number of hydrogen-bond donors (Lipinski definition) is 3. The zero-order chi connectivity index (χ0) is 29.1. The Morgan fingerprint density at radius 1 is 1.20 bits per heavy atom. The number of piperidine rings is 1. The lowest BCUT2D eigenvalue weighted by Crippen LogP contribution is -2.46. The molecular formula is C30H31F2N5O4. The SMILES string of the molecule is CCc1c(F)ccc2cc(O)cc(-c3ncc4c(N5CCC[C@@](C)(O)C5)nc(OCC5(C(N)=O)CC5)nc4c3F)c12. The number of phenols is 1. The number of nitrogens with zero attached hydrogens (tertiary/aromatic N) is 4. The summed E-state index contributed by atoms with van der Waals surface area (Å²) in [6.45, 7) is 4.31. The maximum Gasteiger partial charge on any atom is 0.319 e. The first-order valence-corrected chi connectivity index (χ1v) is 13.7. The van der Waals surface area contributed by atoms with Crippen molar-refractivity contribution in [3.63, 3.8) is 0 Å². The molecule has 41 heavy (non-hydrogen) atoms. The Morgan fingerprint density at radius 3 is 2.66 bits per heavy atom. The number of carbonyl (C=O) groups excluding carboxylic acids is 1. The number of β-amino-alcohol motifs (C(OH)–C–C–N with tert-alkyl or cyclic N) is 1. The van der Waals surface area contributed by atoms with Crippen molar-refractivity contribution in [3.8, 4) is 23.0 Å². The quantitative estimate of drug-likeness (QED) is 0.302. The Labute approximate surface area is 235 Å². The van der Waals surface area contributed by atoms with Gasteiger partial charge in [0.15, 0.2) is 5.82 Å². The number of rotatable bonds is 7. The number of aryl methyl sites for hydroxylation is 1. The largest absolute Gasteiger partial charge is 0.508 e. The number of aliphatic hydroxyl groups is 1. The van der Waals surface area contributed by atoms with Crippen LogP contribution in [0.2, 0.25) is 0 Å². The first-order chi connectivity index (χ1) is 19.5. The van der Waals surface area contributed by atoms with Crippen molar-refractivity contribution < 1.29 is 28.5 Å². The second-order valence-corrected chi connectivity index (χ2v) is 11.4. The van der Waals surface area contributed by atoms with E-state index in [0.717, 1.165) is 0 Å². The minimum Gasteiger partial charge on any atom is -0.508 e. The average Bonchev–Trinajstić information content (AvgIpc) is 3.73. The molecule has 0 unspecified atom stereocenters. The minimum absolute atomic E-state index is 0.0408. The van der Waals surface area contributed by atoms with Crippen molar-refractivity contribution in [2.24, 2.45) is 11.1 Å². The Bertz CT molecular complexity index is 1710. The molecule has 1 aliphatic carbocycles. The van der Waals surface area contributed by atoms with Crippen molar-refractivity contribution in [2.45, 2.75) is 51.6 Å². The van der Waals surface area contributed by atoms with Crippen LogP contribution >= 0.6 is 0 Å². The first-order valence-electron chi connectivity index (χ1n) is 13.7. The van der Waals surface area contributed by atoms with Crippen molar-refractivity contribution in [2.75, 3.05) is 24.6 Å². The number of fused-ring (bicyclic) bond motifs is 2. The highest BCUT2D eigenvalue weighted by molar-refractivity contribution is 6.01. The number of hydrogen-bond acceptors (Lipinski definition) is 8. The lowest BCUT2D eigenvalue weighted by Gasteiger charge is -2.37. The van der Waals surface area contributed by atoms with E-state index in [1.54, 1.807) is 13.8 Å². The van der Waals surface area contributed by atoms with E-state index in [9.17, 15) is 19.4 Å². The van der Waals surface area contributed by atoms with E-state index in [0.29, 0.717) is 66.2 Å². The molecule has 1 saturated heterocycles. The molecule has 1 aliphatic heterocycles. The molecule has 0 bridgehead atoms. The monoisotopic (exact) mass is 563 g/mol. The van der Waals surface area contributed by atoms with Crippen molar-refractivity contribution in [1.29, 1.82) is 0 Å². The van der Waals surface area contributed by atoms with E-state index in [2.05, 4.69) is 15.0 Å². The number of pyridine rings is 1. The summed E-state index contributed by atoms with van der Waals surface area (Å²) in [7, 11) is 0. The van der Waals surface area contributed by atoms with E-state index in [-0.39, 0.29) is 41.7 Å². The number of ether oxygens (including phenoxy) is 1. The molecule has 214 valence electrons.